The van der Waals surface area contributed by atoms with E-state index < -0.39 is 44.2 Å². The number of nitrogens with one attached hydrogen (secondary N) is 1. The van der Waals surface area contributed by atoms with Gasteiger partial charge in [0.2, 0.25) is 0 Å². The summed E-state index contributed by atoms with van der Waals surface area (Å²) in [6, 6.07) is 6.85. The summed E-state index contributed by atoms with van der Waals surface area (Å²) < 4.78 is 74.2. The Morgan fingerprint density at radius 3 is 2.52 bits per heavy atom. The van der Waals surface area contributed by atoms with Crippen molar-refractivity contribution in [3.8, 4) is 5.75 Å². The molecule has 0 saturated carbocycles. The summed E-state index contributed by atoms with van der Waals surface area (Å²) in [4.78, 5) is 2.84. The van der Waals surface area contributed by atoms with E-state index in [9.17, 15) is 21.6 Å². The Morgan fingerprint density at radius 1 is 1.11 bits per heavy atom. The Morgan fingerprint density at radius 2 is 1.85 bits per heavy atom. The average Bonchev–Trinajstić information content (AvgIpc) is 3.10. The molecule has 1 N–H and O–H groups in total. The van der Waals surface area contributed by atoms with Gasteiger partial charge in [-0.1, -0.05) is 18.2 Å². The molecule has 142 valence electrons. The number of rotatable bonds is 6. The van der Waals surface area contributed by atoms with Gasteiger partial charge in [-0.15, -0.1) is 11.3 Å². The summed E-state index contributed by atoms with van der Waals surface area (Å²) in [7, 11) is -4.37. The lowest BCUT2D eigenvalue weighted by Crippen LogP contribution is -2.15. The van der Waals surface area contributed by atoms with E-state index in [1.54, 1.807) is 6.07 Å². The van der Waals surface area contributed by atoms with Crippen molar-refractivity contribution in [2.24, 2.45) is 0 Å². The molecule has 0 spiro atoms. The Bertz CT molecular complexity index is 1060. The molecule has 1 unspecified atom stereocenters. The van der Waals surface area contributed by atoms with Crippen LogP contribution in [0.15, 0.2) is 52.9 Å². The van der Waals surface area contributed by atoms with E-state index in [-0.39, 0.29) is 10.7 Å². The maximum Gasteiger partial charge on any atom is 0.266 e. The third kappa shape index (κ3) is 4.22. The topological polar surface area (TPSA) is 68.3 Å². The molecule has 0 saturated heterocycles. The predicted octanol–water partition coefficient (Wildman–Crippen LogP) is 4.50. The molecule has 0 aliphatic carbocycles. The highest BCUT2D eigenvalue weighted by molar-refractivity contribution is 7.93. The molecule has 1 aromatic heterocycles. The third-order valence-electron chi connectivity index (χ3n) is 3.58. The van der Waals surface area contributed by atoms with Gasteiger partial charge in [-0.3, -0.25) is 4.72 Å². The van der Waals surface area contributed by atoms with Crippen LogP contribution in [0.3, 0.4) is 0 Å². The highest BCUT2D eigenvalue weighted by Gasteiger charge is 2.24. The smallest absolute Gasteiger partial charge is 0.266 e. The quantitative estimate of drug-likeness (QED) is 0.645. The fourth-order valence-corrected chi connectivity index (χ4v) is 4.17. The van der Waals surface area contributed by atoms with E-state index >= 15 is 0 Å². The number of halogens is 3. The second-order valence-electron chi connectivity index (χ2n) is 5.44. The zero-order valence-corrected chi connectivity index (χ0v) is 15.5. The van der Waals surface area contributed by atoms with Gasteiger partial charge < -0.3 is 4.74 Å². The zero-order valence-electron chi connectivity index (χ0n) is 13.8. The molecule has 0 bridgehead atoms. The summed E-state index contributed by atoms with van der Waals surface area (Å²) in [5.41, 5.74) is 0.152. The van der Waals surface area contributed by atoms with Crippen molar-refractivity contribution < 1.29 is 26.3 Å². The van der Waals surface area contributed by atoms with Crippen molar-refractivity contribution in [1.82, 2.24) is 4.98 Å². The van der Waals surface area contributed by atoms with Crippen LogP contribution in [0.25, 0.3) is 0 Å². The minimum atomic E-state index is -4.37. The first-order valence-electron chi connectivity index (χ1n) is 7.60. The van der Waals surface area contributed by atoms with E-state index in [0.717, 1.165) is 11.3 Å². The second kappa shape index (κ2) is 7.57. The normalized spacial score (nSPS) is 12.6. The Labute approximate surface area is 157 Å². The molecule has 10 heteroatoms. The first kappa shape index (κ1) is 19.2. The number of hydrogen-bond acceptors (Lipinski definition) is 5. The highest BCUT2D eigenvalue weighted by Crippen LogP contribution is 2.30. The molecule has 2 aromatic carbocycles. The van der Waals surface area contributed by atoms with Crippen LogP contribution in [0.2, 0.25) is 0 Å². The monoisotopic (exact) mass is 414 g/mol. The van der Waals surface area contributed by atoms with Gasteiger partial charge in [0.05, 0.1) is 0 Å². The number of hydrogen-bond donors (Lipinski definition) is 1. The van der Waals surface area contributed by atoms with Crippen LogP contribution in [0, 0.1) is 17.5 Å². The molecule has 3 aromatic rings. The van der Waals surface area contributed by atoms with Crippen molar-refractivity contribution in [2.45, 2.75) is 17.9 Å². The first-order valence-corrected chi connectivity index (χ1v) is 9.96. The predicted molar refractivity (Wildman–Crippen MR) is 94.7 cm³/mol. The third-order valence-corrected chi connectivity index (χ3v) is 5.75. The van der Waals surface area contributed by atoms with Crippen molar-refractivity contribution in [1.29, 1.82) is 0 Å². The molecule has 5 nitrogen and oxygen atoms in total. The maximum absolute atomic E-state index is 14.3. The van der Waals surface area contributed by atoms with Gasteiger partial charge in [-0.2, -0.15) is 0 Å². The summed E-state index contributed by atoms with van der Waals surface area (Å²) in [5.74, 6) is -3.40. The molecule has 0 aliphatic rings. The van der Waals surface area contributed by atoms with Gasteiger partial charge in [-0.25, -0.2) is 26.6 Å². The van der Waals surface area contributed by atoms with Gasteiger partial charge in [-0.05, 0) is 13.0 Å². The number of sulfonamides is 1. The second-order valence-corrected chi connectivity index (χ2v) is 7.98. The van der Waals surface area contributed by atoms with Gasteiger partial charge in [0.25, 0.3) is 10.0 Å². The summed E-state index contributed by atoms with van der Waals surface area (Å²) in [6.07, 6.45) is 0.441. The number of aromatic nitrogens is 1. The standard InChI is InChI=1S/C17H13F3N2O3S2/c1-10(11-4-2-3-5-12(11)18)25-15-8-14(20)16(9-13(15)19)27(23,24)22-17-21-6-7-26-17/h2-10H,1H3,(H,21,22). The number of thiazole rings is 1. The summed E-state index contributed by atoms with van der Waals surface area (Å²) >= 11 is 0.987. The summed E-state index contributed by atoms with van der Waals surface area (Å²) in [6.45, 7) is 1.46. The number of benzene rings is 2. The van der Waals surface area contributed by atoms with Gasteiger partial charge in [0, 0.05) is 29.3 Å². The lowest BCUT2D eigenvalue weighted by atomic mass is 10.1. The average molecular weight is 414 g/mol. The lowest BCUT2D eigenvalue weighted by Gasteiger charge is -2.17. The Hall–Kier alpha value is -2.59. The number of anilines is 1. The molecule has 1 heterocycles. The molecular formula is C17H13F3N2O3S2. The fraction of sp³-hybridized carbons (Fsp3) is 0.118. The first-order chi connectivity index (χ1) is 12.8. The van der Waals surface area contributed by atoms with Gasteiger partial charge in [0.1, 0.15) is 22.6 Å². The molecular weight excluding hydrogens is 401 g/mol. The zero-order chi connectivity index (χ0) is 19.6. The fourth-order valence-electron chi connectivity index (χ4n) is 2.31. The van der Waals surface area contributed by atoms with Gasteiger partial charge in [0.15, 0.2) is 16.7 Å². The van der Waals surface area contributed by atoms with Gasteiger partial charge >= 0.3 is 0 Å². The molecule has 27 heavy (non-hydrogen) atoms. The number of ether oxygens (including phenoxy) is 1. The van der Waals surface area contributed by atoms with Crippen molar-refractivity contribution in [3.63, 3.8) is 0 Å². The van der Waals surface area contributed by atoms with Crippen LogP contribution >= 0.6 is 11.3 Å². The van der Waals surface area contributed by atoms with E-state index in [2.05, 4.69) is 9.71 Å². The van der Waals surface area contributed by atoms with Crippen LogP contribution < -0.4 is 9.46 Å². The Kier molecular flexibility index (Phi) is 5.38. The van der Waals surface area contributed by atoms with Crippen molar-refractivity contribution in [3.05, 3.63) is 71.0 Å². The van der Waals surface area contributed by atoms with E-state index in [1.807, 2.05) is 0 Å². The van der Waals surface area contributed by atoms with Crippen LogP contribution in [-0.2, 0) is 10.0 Å². The largest absolute Gasteiger partial charge is 0.483 e. The minimum Gasteiger partial charge on any atom is -0.483 e. The van der Waals surface area contributed by atoms with Crippen molar-refractivity contribution in [2.75, 3.05) is 4.72 Å². The highest BCUT2D eigenvalue weighted by atomic mass is 32.2. The lowest BCUT2D eigenvalue weighted by molar-refractivity contribution is 0.210. The minimum absolute atomic E-state index is 0.0170. The van der Waals surface area contributed by atoms with E-state index in [1.165, 1.54) is 36.7 Å². The molecule has 0 amide bonds. The molecule has 3 rings (SSSR count). The summed E-state index contributed by atoms with van der Waals surface area (Å²) in [5, 5.41) is 1.54. The Balaban J connectivity index is 1.88. The van der Waals surface area contributed by atoms with Crippen molar-refractivity contribution >= 4 is 26.5 Å². The van der Waals surface area contributed by atoms with E-state index in [0.29, 0.717) is 12.1 Å². The van der Waals surface area contributed by atoms with Crippen LogP contribution in [0.4, 0.5) is 18.3 Å². The molecule has 0 fully saturated rings. The van der Waals surface area contributed by atoms with Crippen LogP contribution in [0.1, 0.15) is 18.6 Å². The molecule has 1 atom stereocenters. The SMILES string of the molecule is CC(Oc1cc(F)c(S(=O)(=O)Nc2nccs2)cc1F)c1ccccc1F. The van der Waals surface area contributed by atoms with Crippen LogP contribution in [-0.4, -0.2) is 13.4 Å². The van der Waals surface area contributed by atoms with E-state index in [4.69, 9.17) is 4.74 Å². The molecule has 0 aliphatic heterocycles. The number of nitrogens with zero attached hydrogens (tertiary/aromatic N) is 1. The molecule has 0 radical (unpaired) electrons. The maximum atomic E-state index is 14.3. The van der Waals surface area contributed by atoms with Crippen LogP contribution in [0.5, 0.6) is 5.75 Å².